The summed E-state index contributed by atoms with van der Waals surface area (Å²) >= 11 is 0. The van der Waals surface area contributed by atoms with E-state index in [9.17, 15) is 0 Å². The summed E-state index contributed by atoms with van der Waals surface area (Å²) in [6.07, 6.45) is 2.35. The molecule has 0 bridgehead atoms. The van der Waals surface area contributed by atoms with Crippen LogP contribution in [0.5, 0.6) is 0 Å². The maximum atomic E-state index is 8.79. The normalized spacial score (nSPS) is 16.8. The predicted octanol–water partition coefficient (Wildman–Crippen LogP) is 1.15. The molecule has 2 heterocycles. The number of rotatable bonds is 2. The molecule has 0 unspecified atom stereocenters. The van der Waals surface area contributed by atoms with Crippen LogP contribution in [0.15, 0.2) is 12.1 Å². The van der Waals surface area contributed by atoms with Crippen molar-refractivity contribution in [3.63, 3.8) is 0 Å². The van der Waals surface area contributed by atoms with Crippen LogP contribution < -0.4 is 10.6 Å². The first-order chi connectivity index (χ1) is 8.24. The van der Waals surface area contributed by atoms with Gasteiger partial charge in [0.1, 0.15) is 17.7 Å². The molecule has 5 heteroatoms. The minimum Gasteiger partial charge on any atom is -0.383 e. The second-order valence-electron chi connectivity index (χ2n) is 4.14. The van der Waals surface area contributed by atoms with Crippen LogP contribution in [0.3, 0.4) is 0 Å². The van der Waals surface area contributed by atoms with E-state index in [1.165, 1.54) is 0 Å². The van der Waals surface area contributed by atoms with Gasteiger partial charge in [-0.05, 0) is 25.0 Å². The molecule has 0 radical (unpaired) electrons. The number of piperidine rings is 1. The first-order valence-electron chi connectivity index (χ1n) is 5.69. The zero-order valence-corrected chi connectivity index (χ0v) is 9.89. The maximum Gasteiger partial charge on any atom is 0.143 e. The maximum absolute atomic E-state index is 8.79. The quantitative estimate of drug-likeness (QED) is 0.827. The van der Waals surface area contributed by atoms with Crippen LogP contribution in [-0.2, 0) is 4.74 Å². The van der Waals surface area contributed by atoms with Crippen molar-refractivity contribution in [3.05, 3.63) is 17.7 Å². The topological polar surface area (TPSA) is 75.2 Å². The van der Waals surface area contributed by atoms with E-state index in [4.69, 9.17) is 15.7 Å². The van der Waals surface area contributed by atoms with Crippen molar-refractivity contribution in [2.24, 2.45) is 0 Å². The lowest BCUT2D eigenvalue weighted by Gasteiger charge is -2.32. The van der Waals surface area contributed by atoms with Crippen molar-refractivity contribution in [1.29, 1.82) is 5.26 Å². The van der Waals surface area contributed by atoms with Crippen molar-refractivity contribution < 1.29 is 4.74 Å². The van der Waals surface area contributed by atoms with Gasteiger partial charge in [0.05, 0.1) is 11.7 Å². The largest absolute Gasteiger partial charge is 0.383 e. The van der Waals surface area contributed by atoms with Gasteiger partial charge < -0.3 is 15.4 Å². The van der Waals surface area contributed by atoms with Crippen molar-refractivity contribution in [2.75, 3.05) is 30.8 Å². The lowest BCUT2D eigenvalue weighted by Crippen LogP contribution is -2.37. The molecule has 90 valence electrons. The molecule has 17 heavy (non-hydrogen) atoms. The van der Waals surface area contributed by atoms with Crippen molar-refractivity contribution in [2.45, 2.75) is 18.9 Å². The van der Waals surface area contributed by atoms with E-state index in [1.54, 1.807) is 13.2 Å². The molecule has 2 rings (SSSR count). The molecule has 1 aliphatic heterocycles. The summed E-state index contributed by atoms with van der Waals surface area (Å²) < 4.78 is 5.32. The zero-order chi connectivity index (χ0) is 12.3. The standard InChI is InChI=1S/C12H16N4O/c1-17-10-4-6-16(7-5-10)11-3-2-9(8-13)12(14)15-11/h2-3,10H,4-7H2,1H3,(H2,14,15). The van der Waals surface area contributed by atoms with Crippen LogP contribution in [0.25, 0.3) is 0 Å². The molecule has 1 fully saturated rings. The number of anilines is 2. The number of nitrogens with zero attached hydrogens (tertiary/aromatic N) is 3. The molecule has 0 saturated carbocycles. The molecule has 1 saturated heterocycles. The number of nitriles is 1. The smallest absolute Gasteiger partial charge is 0.143 e. The molecular formula is C12H16N4O. The van der Waals surface area contributed by atoms with E-state index < -0.39 is 0 Å². The highest BCUT2D eigenvalue weighted by Gasteiger charge is 2.19. The minimum absolute atomic E-state index is 0.305. The molecule has 0 spiro atoms. The molecule has 1 aromatic heterocycles. The third kappa shape index (κ3) is 2.48. The van der Waals surface area contributed by atoms with Crippen LogP contribution in [0.2, 0.25) is 0 Å². The number of nitrogens with two attached hydrogens (primary N) is 1. The Hall–Kier alpha value is -1.80. The number of hydrogen-bond acceptors (Lipinski definition) is 5. The van der Waals surface area contributed by atoms with E-state index in [-0.39, 0.29) is 0 Å². The Morgan fingerprint density at radius 1 is 1.47 bits per heavy atom. The average Bonchev–Trinajstić information content (AvgIpc) is 2.39. The van der Waals surface area contributed by atoms with Crippen LogP contribution >= 0.6 is 0 Å². The van der Waals surface area contributed by atoms with Crippen molar-refractivity contribution in [3.8, 4) is 6.07 Å². The van der Waals surface area contributed by atoms with Gasteiger partial charge in [-0.2, -0.15) is 5.26 Å². The highest BCUT2D eigenvalue weighted by Crippen LogP contribution is 2.21. The van der Waals surface area contributed by atoms with Crippen LogP contribution in [0, 0.1) is 11.3 Å². The Kier molecular flexibility index (Phi) is 3.45. The lowest BCUT2D eigenvalue weighted by molar-refractivity contribution is 0.0818. The van der Waals surface area contributed by atoms with Gasteiger partial charge in [0.2, 0.25) is 0 Å². The summed E-state index contributed by atoms with van der Waals surface area (Å²) in [6.45, 7) is 1.83. The van der Waals surface area contributed by atoms with Crippen LogP contribution in [0.4, 0.5) is 11.6 Å². The summed E-state index contributed by atoms with van der Waals surface area (Å²) in [7, 11) is 1.75. The molecule has 5 nitrogen and oxygen atoms in total. The van der Waals surface area contributed by atoms with Gasteiger partial charge in [-0.1, -0.05) is 0 Å². The monoisotopic (exact) mass is 232 g/mol. The first-order valence-corrected chi connectivity index (χ1v) is 5.69. The minimum atomic E-state index is 0.305. The van der Waals surface area contributed by atoms with Crippen LogP contribution in [0.1, 0.15) is 18.4 Å². The number of nitrogen functional groups attached to an aromatic ring is 1. The fourth-order valence-corrected chi connectivity index (χ4v) is 2.06. The Balaban J connectivity index is 2.09. The lowest BCUT2D eigenvalue weighted by atomic mass is 10.1. The third-order valence-electron chi connectivity index (χ3n) is 3.13. The van der Waals surface area contributed by atoms with Gasteiger partial charge in [0, 0.05) is 20.2 Å². The molecule has 0 amide bonds. The fourth-order valence-electron chi connectivity index (χ4n) is 2.06. The van der Waals surface area contributed by atoms with Gasteiger partial charge in [-0.25, -0.2) is 4.98 Å². The number of pyridine rings is 1. The highest BCUT2D eigenvalue weighted by molar-refractivity contribution is 5.54. The summed E-state index contributed by atoms with van der Waals surface area (Å²) in [6, 6.07) is 5.59. The molecule has 1 aromatic rings. The molecule has 0 aromatic carbocycles. The van der Waals surface area contributed by atoms with Gasteiger partial charge >= 0.3 is 0 Å². The number of methoxy groups -OCH3 is 1. The summed E-state index contributed by atoms with van der Waals surface area (Å²) in [5.74, 6) is 1.15. The molecule has 0 aliphatic carbocycles. The van der Waals surface area contributed by atoms with Crippen molar-refractivity contribution in [1.82, 2.24) is 4.98 Å². The highest BCUT2D eigenvalue weighted by atomic mass is 16.5. The second kappa shape index (κ2) is 5.02. The Morgan fingerprint density at radius 3 is 2.71 bits per heavy atom. The van der Waals surface area contributed by atoms with E-state index in [2.05, 4.69) is 9.88 Å². The predicted molar refractivity (Wildman–Crippen MR) is 65.6 cm³/mol. The van der Waals surface area contributed by atoms with Crippen LogP contribution in [-0.4, -0.2) is 31.3 Å². The van der Waals surface area contributed by atoms with E-state index >= 15 is 0 Å². The third-order valence-corrected chi connectivity index (χ3v) is 3.13. The summed E-state index contributed by atoms with van der Waals surface area (Å²) in [5, 5.41) is 8.79. The number of aromatic nitrogens is 1. The summed E-state index contributed by atoms with van der Waals surface area (Å²) in [4.78, 5) is 6.43. The Morgan fingerprint density at radius 2 is 2.18 bits per heavy atom. The number of ether oxygens (including phenoxy) is 1. The zero-order valence-electron chi connectivity index (χ0n) is 9.89. The Labute approximate surface area is 101 Å². The fraction of sp³-hybridized carbons (Fsp3) is 0.500. The van der Waals surface area contributed by atoms with Gasteiger partial charge in [0.25, 0.3) is 0 Å². The molecular weight excluding hydrogens is 216 g/mol. The van der Waals surface area contributed by atoms with E-state index in [0.717, 1.165) is 31.7 Å². The van der Waals surface area contributed by atoms with E-state index in [0.29, 0.717) is 17.5 Å². The van der Waals surface area contributed by atoms with Gasteiger partial charge in [0.15, 0.2) is 0 Å². The first kappa shape index (κ1) is 11.7. The van der Waals surface area contributed by atoms with Crippen molar-refractivity contribution >= 4 is 11.6 Å². The molecule has 1 aliphatic rings. The number of hydrogen-bond donors (Lipinski definition) is 1. The van der Waals surface area contributed by atoms with E-state index in [1.807, 2.05) is 12.1 Å². The summed E-state index contributed by atoms with van der Waals surface area (Å²) in [5.41, 5.74) is 6.14. The second-order valence-corrected chi connectivity index (χ2v) is 4.14. The average molecular weight is 232 g/mol. The van der Waals surface area contributed by atoms with Gasteiger partial charge in [-0.15, -0.1) is 0 Å². The SMILES string of the molecule is COC1CCN(c2ccc(C#N)c(N)n2)CC1. The Bertz CT molecular complexity index is 433. The molecule has 0 atom stereocenters. The van der Waals surface area contributed by atoms with Gasteiger partial charge in [-0.3, -0.25) is 0 Å². The molecule has 2 N–H and O–H groups in total.